The van der Waals surface area contributed by atoms with Crippen LogP contribution in [0.2, 0.25) is 0 Å². The summed E-state index contributed by atoms with van der Waals surface area (Å²) < 4.78 is 10.3. The molecule has 0 aliphatic carbocycles. The highest BCUT2D eigenvalue weighted by molar-refractivity contribution is 5.43. The SMILES string of the molecule is Cc1nc(CCOc2cccc(N)c2)no1. The average Bonchev–Trinajstić information content (AvgIpc) is 2.64. The zero-order valence-electron chi connectivity index (χ0n) is 9.01. The molecule has 0 fully saturated rings. The summed E-state index contributed by atoms with van der Waals surface area (Å²) >= 11 is 0. The highest BCUT2D eigenvalue weighted by Crippen LogP contribution is 2.14. The molecule has 0 aliphatic rings. The van der Waals surface area contributed by atoms with Crippen LogP contribution < -0.4 is 10.5 Å². The van der Waals surface area contributed by atoms with Crippen LogP contribution in [0.1, 0.15) is 11.7 Å². The van der Waals surface area contributed by atoms with E-state index < -0.39 is 0 Å². The number of nitrogens with two attached hydrogens (primary N) is 1. The zero-order valence-corrected chi connectivity index (χ0v) is 9.01. The van der Waals surface area contributed by atoms with Gasteiger partial charge in [0.1, 0.15) is 5.75 Å². The monoisotopic (exact) mass is 219 g/mol. The Bertz CT molecular complexity index is 468. The third kappa shape index (κ3) is 2.73. The molecule has 0 radical (unpaired) electrons. The van der Waals surface area contributed by atoms with Crippen LogP contribution in [-0.4, -0.2) is 16.7 Å². The fourth-order valence-corrected chi connectivity index (χ4v) is 1.31. The van der Waals surface area contributed by atoms with Crippen molar-refractivity contribution in [1.29, 1.82) is 0 Å². The van der Waals surface area contributed by atoms with Gasteiger partial charge in [0.15, 0.2) is 5.82 Å². The molecule has 0 bridgehead atoms. The number of nitrogens with zero attached hydrogens (tertiary/aromatic N) is 2. The van der Waals surface area contributed by atoms with E-state index in [2.05, 4.69) is 10.1 Å². The smallest absolute Gasteiger partial charge is 0.223 e. The van der Waals surface area contributed by atoms with E-state index in [0.29, 0.717) is 30.4 Å². The predicted molar refractivity (Wildman–Crippen MR) is 59.1 cm³/mol. The normalized spacial score (nSPS) is 10.3. The maximum atomic E-state index is 5.63. The Morgan fingerprint density at radius 3 is 3.00 bits per heavy atom. The largest absolute Gasteiger partial charge is 0.493 e. The lowest BCUT2D eigenvalue weighted by Gasteiger charge is -2.04. The van der Waals surface area contributed by atoms with Gasteiger partial charge >= 0.3 is 0 Å². The number of nitrogen functional groups attached to an aromatic ring is 1. The molecule has 1 aromatic heterocycles. The number of hydrogen-bond donors (Lipinski definition) is 1. The molecular formula is C11H13N3O2. The molecular weight excluding hydrogens is 206 g/mol. The Kier molecular flexibility index (Phi) is 3.05. The lowest BCUT2D eigenvalue weighted by Crippen LogP contribution is -2.03. The van der Waals surface area contributed by atoms with Crippen molar-refractivity contribution in [2.45, 2.75) is 13.3 Å². The molecule has 2 aromatic rings. The maximum Gasteiger partial charge on any atom is 0.223 e. The number of rotatable bonds is 4. The number of anilines is 1. The van der Waals surface area contributed by atoms with Gasteiger partial charge in [-0.15, -0.1) is 0 Å². The first kappa shape index (κ1) is 10.5. The Morgan fingerprint density at radius 2 is 2.31 bits per heavy atom. The first-order valence-corrected chi connectivity index (χ1v) is 5.01. The Morgan fingerprint density at radius 1 is 1.44 bits per heavy atom. The van der Waals surface area contributed by atoms with Crippen molar-refractivity contribution in [1.82, 2.24) is 10.1 Å². The van der Waals surface area contributed by atoms with Crippen LogP contribution in [0, 0.1) is 6.92 Å². The minimum atomic E-state index is 0.502. The summed E-state index contributed by atoms with van der Waals surface area (Å²) in [4.78, 5) is 4.08. The molecule has 5 heteroatoms. The van der Waals surface area contributed by atoms with Crippen molar-refractivity contribution in [3.63, 3.8) is 0 Å². The van der Waals surface area contributed by atoms with E-state index in [0.717, 1.165) is 5.75 Å². The van der Waals surface area contributed by atoms with E-state index in [1.807, 2.05) is 18.2 Å². The van der Waals surface area contributed by atoms with Gasteiger partial charge in [-0.05, 0) is 12.1 Å². The second kappa shape index (κ2) is 4.65. The Labute approximate surface area is 93.2 Å². The molecule has 2 rings (SSSR count). The molecule has 1 heterocycles. The summed E-state index contributed by atoms with van der Waals surface area (Å²) in [7, 11) is 0. The summed E-state index contributed by atoms with van der Waals surface area (Å²) in [5.41, 5.74) is 6.31. The molecule has 2 N–H and O–H groups in total. The van der Waals surface area contributed by atoms with Gasteiger partial charge in [-0.25, -0.2) is 0 Å². The van der Waals surface area contributed by atoms with Gasteiger partial charge in [-0.2, -0.15) is 4.98 Å². The number of aryl methyl sites for hydroxylation is 1. The van der Waals surface area contributed by atoms with E-state index in [1.165, 1.54) is 0 Å². The summed E-state index contributed by atoms with van der Waals surface area (Å²) in [5, 5.41) is 3.77. The standard InChI is InChI=1S/C11H13N3O2/c1-8-13-11(14-16-8)5-6-15-10-4-2-3-9(12)7-10/h2-4,7H,5-6,12H2,1H3. The van der Waals surface area contributed by atoms with Gasteiger partial charge in [-0.3, -0.25) is 0 Å². The van der Waals surface area contributed by atoms with Gasteiger partial charge < -0.3 is 15.0 Å². The first-order chi connectivity index (χ1) is 7.74. The van der Waals surface area contributed by atoms with Crippen molar-refractivity contribution in [2.75, 3.05) is 12.3 Å². The molecule has 0 aliphatic heterocycles. The van der Waals surface area contributed by atoms with E-state index in [9.17, 15) is 0 Å². The van der Waals surface area contributed by atoms with Crippen LogP contribution in [0.5, 0.6) is 5.75 Å². The molecule has 0 amide bonds. The second-order valence-corrected chi connectivity index (χ2v) is 3.40. The predicted octanol–water partition coefficient (Wildman–Crippen LogP) is 1.58. The van der Waals surface area contributed by atoms with Crippen molar-refractivity contribution < 1.29 is 9.26 Å². The van der Waals surface area contributed by atoms with Gasteiger partial charge in [-0.1, -0.05) is 11.2 Å². The van der Waals surface area contributed by atoms with Crippen LogP contribution in [0.15, 0.2) is 28.8 Å². The fourth-order valence-electron chi connectivity index (χ4n) is 1.31. The van der Waals surface area contributed by atoms with E-state index in [1.54, 1.807) is 13.0 Å². The molecule has 0 spiro atoms. The number of aromatic nitrogens is 2. The van der Waals surface area contributed by atoms with Gasteiger partial charge in [0, 0.05) is 25.1 Å². The molecule has 0 saturated heterocycles. The van der Waals surface area contributed by atoms with E-state index >= 15 is 0 Å². The number of hydrogen-bond acceptors (Lipinski definition) is 5. The molecule has 84 valence electrons. The van der Waals surface area contributed by atoms with Gasteiger partial charge in [0.25, 0.3) is 0 Å². The average molecular weight is 219 g/mol. The number of ether oxygens (including phenoxy) is 1. The lowest BCUT2D eigenvalue weighted by molar-refractivity contribution is 0.314. The quantitative estimate of drug-likeness (QED) is 0.790. The van der Waals surface area contributed by atoms with Crippen LogP contribution >= 0.6 is 0 Å². The highest BCUT2D eigenvalue weighted by Gasteiger charge is 2.02. The van der Waals surface area contributed by atoms with Crippen LogP contribution in [0.25, 0.3) is 0 Å². The second-order valence-electron chi connectivity index (χ2n) is 3.40. The summed E-state index contributed by atoms with van der Waals surface area (Å²) in [5.74, 6) is 1.97. The summed E-state index contributed by atoms with van der Waals surface area (Å²) in [6.07, 6.45) is 0.617. The van der Waals surface area contributed by atoms with Crippen LogP contribution in [0.4, 0.5) is 5.69 Å². The van der Waals surface area contributed by atoms with Crippen molar-refractivity contribution in [2.24, 2.45) is 0 Å². The van der Waals surface area contributed by atoms with Crippen molar-refractivity contribution in [3.8, 4) is 5.75 Å². The van der Waals surface area contributed by atoms with Crippen molar-refractivity contribution in [3.05, 3.63) is 36.0 Å². The minimum absolute atomic E-state index is 0.502. The third-order valence-electron chi connectivity index (χ3n) is 2.02. The molecule has 5 nitrogen and oxygen atoms in total. The Hall–Kier alpha value is -2.04. The molecule has 16 heavy (non-hydrogen) atoms. The maximum absolute atomic E-state index is 5.63. The molecule has 0 unspecified atom stereocenters. The lowest BCUT2D eigenvalue weighted by atomic mass is 10.3. The van der Waals surface area contributed by atoms with Crippen LogP contribution in [-0.2, 0) is 6.42 Å². The van der Waals surface area contributed by atoms with E-state index in [4.69, 9.17) is 15.0 Å². The van der Waals surface area contributed by atoms with E-state index in [-0.39, 0.29) is 0 Å². The molecule has 0 saturated carbocycles. The molecule has 1 aromatic carbocycles. The van der Waals surface area contributed by atoms with Crippen molar-refractivity contribution >= 4 is 5.69 Å². The fraction of sp³-hybridized carbons (Fsp3) is 0.273. The van der Waals surface area contributed by atoms with Gasteiger partial charge in [0.05, 0.1) is 6.61 Å². The number of benzene rings is 1. The topological polar surface area (TPSA) is 74.2 Å². The minimum Gasteiger partial charge on any atom is -0.493 e. The van der Waals surface area contributed by atoms with Gasteiger partial charge in [0.2, 0.25) is 5.89 Å². The third-order valence-corrected chi connectivity index (χ3v) is 2.02. The first-order valence-electron chi connectivity index (χ1n) is 5.01. The highest BCUT2D eigenvalue weighted by atomic mass is 16.5. The molecule has 0 atom stereocenters. The zero-order chi connectivity index (χ0) is 11.4. The summed E-state index contributed by atoms with van der Waals surface area (Å²) in [6.45, 7) is 2.26. The van der Waals surface area contributed by atoms with Crippen LogP contribution in [0.3, 0.4) is 0 Å². The Balaban J connectivity index is 1.84. The summed E-state index contributed by atoms with van der Waals surface area (Å²) in [6, 6.07) is 7.30.